The molecule has 5 nitrogen and oxygen atoms in total. The lowest BCUT2D eigenvalue weighted by atomic mass is 10.1. The van der Waals surface area contributed by atoms with Gasteiger partial charge in [0.25, 0.3) is 0 Å². The van der Waals surface area contributed by atoms with Gasteiger partial charge in [0.2, 0.25) is 5.91 Å². The average molecular weight is 386 g/mol. The van der Waals surface area contributed by atoms with Crippen LogP contribution in [0, 0.1) is 5.92 Å². The van der Waals surface area contributed by atoms with Crippen LogP contribution in [0.2, 0.25) is 5.02 Å². The highest BCUT2D eigenvalue weighted by molar-refractivity contribution is 6.30. The highest BCUT2D eigenvalue weighted by Gasteiger charge is 2.30. The summed E-state index contributed by atoms with van der Waals surface area (Å²) in [5.74, 6) is -0.162. The molecule has 0 radical (unpaired) electrons. The van der Waals surface area contributed by atoms with Crippen LogP contribution in [0.1, 0.15) is 38.3 Å². The molecule has 0 aliphatic carbocycles. The van der Waals surface area contributed by atoms with Crippen LogP contribution in [0.4, 0.5) is 16.2 Å². The molecule has 1 fully saturated rings. The lowest BCUT2D eigenvalue weighted by Gasteiger charge is -2.25. The fourth-order valence-electron chi connectivity index (χ4n) is 3.23. The van der Waals surface area contributed by atoms with E-state index in [0.29, 0.717) is 22.9 Å². The Morgan fingerprint density at radius 1 is 1.07 bits per heavy atom. The minimum Gasteiger partial charge on any atom is -0.326 e. The van der Waals surface area contributed by atoms with Crippen LogP contribution in [0.15, 0.2) is 48.5 Å². The molecule has 0 aromatic heterocycles. The topological polar surface area (TPSA) is 61.4 Å². The molecule has 1 atom stereocenters. The number of nitrogens with one attached hydrogen (secondary N) is 2. The zero-order chi connectivity index (χ0) is 19.4. The van der Waals surface area contributed by atoms with E-state index in [1.165, 1.54) is 0 Å². The Balaban J connectivity index is 1.70. The average Bonchev–Trinajstić information content (AvgIpc) is 3.12. The first-order chi connectivity index (χ1) is 12.9. The van der Waals surface area contributed by atoms with Gasteiger partial charge >= 0.3 is 6.03 Å². The molecule has 1 unspecified atom stereocenters. The summed E-state index contributed by atoms with van der Waals surface area (Å²) in [4.78, 5) is 26.5. The standard InChI is InChI=1S/C21H24ClN3O2/c1-14(2)20(26)23-17-8-4-9-18(13-17)24-21(27)25-11-5-10-19(25)15-6-3-7-16(22)12-15/h3-4,6-9,12-14,19H,5,10-11H2,1-2H3,(H,23,26)(H,24,27). The van der Waals surface area contributed by atoms with E-state index < -0.39 is 0 Å². The molecule has 2 N–H and O–H groups in total. The second-order valence-corrected chi connectivity index (χ2v) is 7.50. The number of carbonyl (C=O) groups excluding carboxylic acids is 2. The molecule has 0 saturated carbocycles. The molecular formula is C21H24ClN3O2. The summed E-state index contributed by atoms with van der Waals surface area (Å²) in [5, 5.41) is 6.47. The van der Waals surface area contributed by atoms with Gasteiger partial charge in [-0.3, -0.25) is 4.79 Å². The van der Waals surface area contributed by atoms with Gasteiger partial charge in [-0.2, -0.15) is 0 Å². The third kappa shape index (κ3) is 4.80. The predicted octanol–water partition coefficient (Wildman–Crippen LogP) is 5.30. The van der Waals surface area contributed by atoms with Crippen LogP contribution in [0.5, 0.6) is 0 Å². The van der Waals surface area contributed by atoms with Gasteiger partial charge in [-0.1, -0.05) is 43.6 Å². The number of urea groups is 1. The number of hydrogen-bond donors (Lipinski definition) is 2. The molecule has 27 heavy (non-hydrogen) atoms. The number of hydrogen-bond acceptors (Lipinski definition) is 2. The van der Waals surface area contributed by atoms with Crippen molar-refractivity contribution in [3.05, 3.63) is 59.1 Å². The highest BCUT2D eigenvalue weighted by atomic mass is 35.5. The Bertz CT molecular complexity index is 838. The molecule has 1 aliphatic rings. The highest BCUT2D eigenvalue weighted by Crippen LogP contribution is 2.33. The number of amides is 3. The van der Waals surface area contributed by atoms with Gasteiger partial charge in [0.05, 0.1) is 6.04 Å². The maximum Gasteiger partial charge on any atom is 0.322 e. The maximum atomic E-state index is 12.8. The summed E-state index contributed by atoms with van der Waals surface area (Å²) < 4.78 is 0. The van der Waals surface area contributed by atoms with Crippen LogP contribution in [-0.4, -0.2) is 23.4 Å². The molecule has 2 aromatic carbocycles. The van der Waals surface area contributed by atoms with Crippen LogP contribution < -0.4 is 10.6 Å². The van der Waals surface area contributed by atoms with Crippen molar-refractivity contribution in [2.24, 2.45) is 5.92 Å². The number of halogens is 1. The minimum absolute atomic E-state index is 0.0209. The number of likely N-dealkylation sites (tertiary alicyclic amines) is 1. The third-order valence-electron chi connectivity index (χ3n) is 4.65. The van der Waals surface area contributed by atoms with Crippen LogP contribution in [-0.2, 0) is 4.79 Å². The van der Waals surface area contributed by atoms with Crippen molar-refractivity contribution in [1.82, 2.24) is 4.90 Å². The van der Waals surface area contributed by atoms with Crippen molar-refractivity contribution in [3.8, 4) is 0 Å². The Kier molecular flexibility index (Phi) is 6.01. The van der Waals surface area contributed by atoms with E-state index in [1.807, 2.05) is 55.1 Å². The fourth-order valence-corrected chi connectivity index (χ4v) is 3.43. The van der Waals surface area contributed by atoms with Crippen LogP contribution in [0.25, 0.3) is 0 Å². The number of rotatable bonds is 4. The minimum atomic E-state index is -0.148. The van der Waals surface area contributed by atoms with Crippen LogP contribution in [0.3, 0.4) is 0 Å². The molecule has 3 rings (SSSR count). The quantitative estimate of drug-likeness (QED) is 0.749. The monoisotopic (exact) mass is 385 g/mol. The molecule has 1 aliphatic heterocycles. The first-order valence-electron chi connectivity index (χ1n) is 9.18. The lowest BCUT2D eigenvalue weighted by molar-refractivity contribution is -0.118. The second-order valence-electron chi connectivity index (χ2n) is 7.06. The van der Waals surface area contributed by atoms with Gasteiger partial charge in [0, 0.05) is 28.9 Å². The second kappa shape index (κ2) is 8.44. The number of carbonyl (C=O) groups is 2. The normalized spacial score (nSPS) is 16.4. The maximum absolute atomic E-state index is 12.8. The zero-order valence-corrected chi connectivity index (χ0v) is 16.3. The zero-order valence-electron chi connectivity index (χ0n) is 15.5. The van der Waals surface area contributed by atoms with E-state index in [1.54, 1.807) is 12.1 Å². The predicted molar refractivity (Wildman–Crippen MR) is 109 cm³/mol. The van der Waals surface area contributed by atoms with Gasteiger partial charge in [-0.05, 0) is 48.7 Å². The fraction of sp³-hybridized carbons (Fsp3) is 0.333. The molecular weight excluding hydrogens is 362 g/mol. The van der Waals surface area contributed by atoms with Crippen molar-refractivity contribution in [2.45, 2.75) is 32.7 Å². The van der Waals surface area contributed by atoms with Crippen molar-refractivity contribution >= 4 is 34.9 Å². The van der Waals surface area contributed by atoms with Gasteiger partial charge in [-0.25, -0.2) is 4.79 Å². The number of anilines is 2. The molecule has 1 saturated heterocycles. The van der Waals surface area contributed by atoms with E-state index in [0.717, 1.165) is 18.4 Å². The molecule has 142 valence electrons. The first kappa shape index (κ1) is 19.2. The SMILES string of the molecule is CC(C)C(=O)Nc1cccc(NC(=O)N2CCCC2c2cccc(Cl)c2)c1. The van der Waals surface area contributed by atoms with E-state index in [2.05, 4.69) is 10.6 Å². The summed E-state index contributed by atoms with van der Waals surface area (Å²) >= 11 is 6.11. The van der Waals surface area contributed by atoms with Crippen molar-refractivity contribution < 1.29 is 9.59 Å². The van der Waals surface area contributed by atoms with Gasteiger partial charge in [-0.15, -0.1) is 0 Å². The molecule has 2 aromatic rings. The molecule has 0 spiro atoms. The molecule has 3 amide bonds. The van der Waals surface area contributed by atoms with Gasteiger partial charge in [0.15, 0.2) is 0 Å². The van der Waals surface area contributed by atoms with Crippen LogP contribution >= 0.6 is 11.6 Å². The van der Waals surface area contributed by atoms with Crippen molar-refractivity contribution in [3.63, 3.8) is 0 Å². The molecule has 0 bridgehead atoms. The van der Waals surface area contributed by atoms with E-state index in [9.17, 15) is 9.59 Å². The Morgan fingerprint density at radius 2 is 1.78 bits per heavy atom. The first-order valence-corrected chi connectivity index (χ1v) is 9.56. The summed E-state index contributed by atoms with van der Waals surface area (Å²) in [6.07, 6.45) is 1.87. The summed E-state index contributed by atoms with van der Waals surface area (Å²) in [6.45, 7) is 4.38. The largest absolute Gasteiger partial charge is 0.326 e. The summed E-state index contributed by atoms with van der Waals surface area (Å²) in [7, 11) is 0. The van der Waals surface area contributed by atoms with Gasteiger partial charge < -0.3 is 15.5 Å². The Morgan fingerprint density at radius 3 is 2.48 bits per heavy atom. The van der Waals surface area contributed by atoms with Gasteiger partial charge in [0.1, 0.15) is 0 Å². The lowest BCUT2D eigenvalue weighted by Crippen LogP contribution is -2.34. The number of benzene rings is 2. The van der Waals surface area contributed by atoms with E-state index in [-0.39, 0.29) is 23.9 Å². The third-order valence-corrected chi connectivity index (χ3v) is 4.89. The van der Waals surface area contributed by atoms with Crippen molar-refractivity contribution in [2.75, 3.05) is 17.2 Å². The molecule has 6 heteroatoms. The Hall–Kier alpha value is -2.53. The molecule has 1 heterocycles. The van der Waals surface area contributed by atoms with E-state index in [4.69, 9.17) is 11.6 Å². The summed E-state index contributed by atoms with van der Waals surface area (Å²) in [5.41, 5.74) is 2.37. The summed E-state index contributed by atoms with van der Waals surface area (Å²) in [6, 6.07) is 14.7. The van der Waals surface area contributed by atoms with Crippen molar-refractivity contribution in [1.29, 1.82) is 0 Å². The number of nitrogens with zero attached hydrogens (tertiary/aromatic N) is 1. The Labute approximate surface area is 164 Å². The smallest absolute Gasteiger partial charge is 0.322 e. The van der Waals surface area contributed by atoms with E-state index >= 15 is 0 Å².